The zero-order valence-corrected chi connectivity index (χ0v) is 20.6. The molecule has 1 saturated heterocycles. The average Bonchev–Trinajstić information content (AvgIpc) is 3.32. The van der Waals surface area contributed by atoms with Crippen LogP contribution in [0.5, 0.6) is 0 Å². The number of hydrogen-bond donors (Lipinski definition) is 1. The maximum atomic E-state index is 13.5. The second-order valence-electron chi connectivity index (χ2n) is 8.93. The van der Waals surface area contributed by atoms with E-state index >= 15 is 0 Å². The number of alkyl halides is 3. The molecule has 0 spiro atoms. The Hall–Kier alpha value is -3.50. The van der Waals surface area contributed by atoms with Crippen molar-refractivity contribution in [1.82, 2.24) is 9.27 Å². The zero-order chi connectivity index (χ0) is 26.0. The maximum absolute atomic E-state index is 13.5. The van der Waals surface area contributed by atoms with Gasteiger partial charge in [0.25, 0.3) is 5.91 Å². The van der Waals surface area contributed by atoms with Gasteiger partial charge < -0.3 is 10.2 Å². The summed E-state index contributed by atoms with van der Waals surface area (Å²) in [5.74, 6) is -1.09. The van der Waals surface area contributed by atoms with E-state index in [1.54, 1.807) is 12.1 Å². The highest BCUT2D eigenvalue weighted by Gasteiger charge is 2.34. The fourth-order valence-corrected chi connectivity index (χ4v) is 5.26. The lowest BCUT2D eigenvalue weighted by Gasteiger charge is -2.35. The van der Waals surface area contributed by atoms with Crippen molar-refractivity contribution in [2.24, 2.45) is 0 Å². The van der Waals surface area contributed by atoms with Crippen LogP contribution < -0.4 is 10.2 Å². The van der Waals surface area contributed by atoms with Gasteiger partial charge in [0, 0.05) is 49.4 Å². The third kappa shape index (κ3) is 5.75. The lowest BCUT2D eigenvalue weighted by molar-refractivity contribution is -0.140. The number of fused-ring (bicyclic) bond motifs is 1. The summed E-state index contributed by atoms with van der Waals surface area (Å²) in [5.41, 5.74) is -0.247. The lowest BCUT2D eigenvalue weighted by Crippen LogP contribution is -2.47. The van der Waals surface area contributed by atoms with E-state index in [-0.39, 0.29) is 5.56 Å². The van der Waals surface area contributed by atoms with E-state index in [1.165, 1.54) is 21.6 Å². The average molecular weight is 529 g/mol. The van der Waals surface area contributed by atoms with Crippen LogP contribution >= 0.6 is 11.5 Å². The first-order valence-corrected chi connectivity index (χ1v) is 12.6. The molecular formula is C27H24F4N4OS. The number of anilines is 2. The van der Waals surface area contributed by atoms with Gasteiger partial charge >= 0.3 is 6.18 Å². The smallest absolute Gasteiger partial charge is 0.353 e. The van der Waals surface area contributed by atoms with Crippen LogP contribution in [0.3, 0.4) is 0 Å². The molecule has 2 heterocycles. The molecule has 5 rings (SSSR count). The molecule has 1 amide bonds. The molecule has 1 aromatic heterocycles. The summed E-state index contributed by atoms with van der Waals surface area (Å²) in [7, 11) is 0. The number of piperazine rings is 1. The van der Waals surface area contributed by atoms with Crippen molar-refractivity contribution in [3.05, 3.63) is 89.2 Å². The molecule has 0 bridgehead atoms. The molecule has 1 aliphatic heterocycles. The largest absolute Gasteiger partial charge is 0.419 e. The summed E-state index contributed by atoms with van der Waals surface area (Å²) in [6, 6.07) is 17.7. The number of nitrogens with zero attached hydrogens (tertiary/aromatic N) is 3. The van der Waals surface area contributed by atoms with Crippen LogP contribution in [0.15, 0.2) is 66.7 Å². The number of hydrogen-bond acceptors (Lipinski definition) is 5. The van der Waals surface area contributed by atoms with Crippen LogP contribution in [-0.4, -0.2) is 47.9 Å². The highest BCUT2D eigenvalue weighted by molar-refractivity contribution is 7.13. The van der Waals surface area contributed by atoms with Crippen molar-refractivity contribution in [1.29, 1.82) is 0 Å². The number of rotatable bonds is 6. The molecule has 0 aliphatic carbocycles. The Morgan fingerprint density at radius 1 is 0.973 bits per heavy atom. The van der Waals surface area contributed by atoms with E-state index in [1.807, 2.05) is 24.3 Å². The molecule has 10 heteroatoms. The predicted molar refractivity (Wildman–Crippen MR) is 138 cm³/mol. The summed E-state index contributed by atoms with van der Waals surface area (Å²) in [5, 5.41) is 3.81. The Balaban J connectivity index is 1.16. The van der Waals surface area contributed by atoms with Crippen LogP contribution in [0.2, 0.25) is 0 Å². The van der Waals surface area contributed by atoms with Gasteiger partial charge in [-0.25, -0.2) is 4.39 Å². The van der Waals surface area contributed by atoms with E-state index in [0.29, 0.717) is 17.8 Å². The fraction of sp³-hybridized carbons (Fsp3) is 0.259. The van der Waals surface area contributed by atoms with Gasteiger partial charge in [0.1, 0.15) is 11.6 Å². The molecule has 37 heavy (non-hydrogen) atoms. The molecule has 1 N–H and O–H groups in total. The Morgan fingerprint density at radius 2 is 1.76 bits per heavy atom. The van der Waals surface area contributed by atoms with Crippen molar-refractivity contribution in [2.45, 2.75) is 12.6 Å². The first-order chi connectivity index (χ1) is 17.8. The van der Waals surface area contributed by atoms with Crippen molar-refractivity contribution in [3.63, 3.8) is 0 Å². The monoisotopic (exact) mass is 528 g/mol. The second kappa shape index (κ2) is 10.5. The number of benzene rings is 3. The van der Waals surface area contributed by atoms with Gasteiger partial charge in [-0.05, 0) is 66.0 Å². The summed E-state index contributed by atoms with van der Waals surface area (Å²) in [6.45, 7) is 4.45. The molecule has 0 saturated carbocycles. The van der Waals surface area contributed by atoms with Gasteiger partial charge in [-0.2, -0.15) is 17.5 Å². The van der Waals surface area contributed by atoms with E-state index in [4.69, 9.17) is 0 Å². The number of carbonyl (C=O) groups is 1. The molecular weight excluding hydrogens is 504 g/mol. The van der Waals surface area contributed by atoms with Gasteiger partial charge in [0.05, 0.1) is 10.3 Å². The van der Waals surface area contributed by atoms with Gasteiger partial charge in [0.2, 0.25) is 0 Å². The molecule has 4 aromatic rings. The number of amides is 1. The highest BCUT2D eigenvalue weighted by atomic mass is 32.1. The van der Waals surface area contributed by atoms with Crippen molar-refractivity contribution in [3.8, 4) is 0 Å². The van der Waals surface area contributed by atoms with Gasteiger partial charge in [-0.1, -0.05) is 24.3 Å². The summed E-state index contributed by atoms with van der Waals surface area (Å²) in [6.07, 6.45) is -4.11. The van der Waals surface area contributed by atoms with Crippen LogP contribution in [0.4, 0.5) is 29.1 Å². The molecule has 0 radical (unpaired) electrons. The van der Waals surface area contributed by atoms with Crippen LogP contribution in [0.1, 0.15) is 21.5 Å². The topological polar surface area (TPSA) is 48.5 Å². The first-order valence-electron chi connectivity index (χ1n) is 11.9. The SMILES string of the molecule is O=C(Nc1cccc(CCN2CCN(c3nsc4ccccc34)CC2)c1)c1ccc(F)c(C(F)(F)F)c1. The van der Waals surface area contributed by atoms with Crippen LogP contribution in [0.25, 0.3) is 10.1 Å². The van der Waals surface area contributed by atoms with Crippen LogP contribution in [-0.2, 0) is 12.6 Å². The Morgan fingerprint density at radius 3 is 2.54 bits per heavy atom. The lowest BCUT2D eigenvalue weighted by atomic mass is 10.1. The summed E-state index contributed by atoms with van der Waals surface area (Å²) < 4.78 is 58.3. The Kier molecular flexibility index (Phi) is 7.12. The summed E-state index contributed by atoms with van der Waals surface area (Å²) in [4.78, 5) is 17.2. The van der Waals surface area contributed by atoms with Crippen molar-refractivity contribution < 1.29 is 22.4 Å². The van der Waals surface area contributed by atoms with Gasteiger partial charge in [-0.15, -0.1) is 0 Å². The zero-order valence-electron chi connectivity index (χ0n) is 19.8. The summed E-state index contributed by atoms with van der Waals surface area (Å²) >= 11 is 1.52. The molecule has 5 nitrogen and oxygen atoms in total. The van der Waals surface area contributed by atoms with Crippen molar-refractivity contribution >= 4 is 39.0 Å². The molecule has 1 aliphatic rings. The van der Waals surface area contributed by atoms with E-state index in [2.05, 4.69) is 31.6 Å². The number of nitrogens with one attached hydrogen (secondary N) is 1. The molecule has 1 fully saturated rings. The standard InChI is InChI=1S/C27H24F4N4OS/c28-23-9-8-19(17-22(23)27(29,30)31)26(36)32-20-5-3-4-18(16-20)10-11-34-12-14-35(15-13-34)25-21-6-1-2-7-24(21)37-33-25/h1-9,16-17H,10-15H2,(H,32,36). The fourth-order valence-electron chi connectivity index (χ4n) is 4.46. The predicted octanol–water partition coefficient (Wildman–Crippen LogP) is 6.07. The Labute approximate surface area is 215 Å². The minimum absolute atomic E-state index is 0.259. The first kappa shape index (κ1) is 25.2. The third-order valence-corrected chi connectivity index (χ3v) is 7.28. The molecule has 3 aromatic carbocycles. The quantitative estimate of drug-likeness (QED) is 0.309. The highest BCUT2D eigenvalue weighted by Crippen LogP contribution is 2.32. The normalized spacial score (nSPS) is 14.8. The molecule has 0 atom stereocenters. The Bertz CT molecular complexity index is 1410. The minimum Gasteiger partial charge on any atom is -0.353 e. The van der Waals surface area contributed by atoms with E-state index < -0.39 is 23.5 Å². The molecule has 192 valence electrons. The van der Waals surface area contributed by atoms with E-state index in [9.17, 15) is 22.4 Å². The van der Waals surface area contributed by atoms with Gasteiger partial charge in [-0.3, -0.25) is 9.69 Å². The number of halogens is 4. The second-order valence-corrected chi connectivity index (χ2v) is 9.73. The maximum Gasteiger partial charge on any atom is 0.419 e. The van der Waals surface area contributed by atoms with Crippen LogP contribution in [0, 0.1) is 5.82 Å². The van der Waals surface area contributed by atoms with Crippen molar-refractivity contribution in [2.75, 3.05) is 42.9 Å². The number of carbonyl (C=O) groups excluding carboxylic acids is 1. The van der Waals surface area contributed by atoms with Gasteiger partial charge in [0.15, 0.2) is 0 Å². The third-order valence-electron chi connectivity index (χ3n) is 6.47. The van der Waals surface area contributed by atoms with E-state index in [0.717, 1.165) is 56.6 Å². The molecule has 0 unspecified atom stereocenters. The minimum atomic E-state index is -4.88. The number of aromatic nitrogens is 1.